The average molecular weight is 387 g/mol. The van der Waals surface area contributed by atoms with E-state index in [4.69, 9.17) is 4.99 Å². The maximum absolute atomic E-state index is 11.4. The molecule has 152 valence electrons. The minimum absolute atomic E-state index is 0.130. The van der Waals surface area contributed by atoms with Crippen LogP contribution in [0.4, 0.5) is 0 Å². The van der Waals surface area contributed by atoms with Gasteiger partial charge in [0.1, 0.15) is 9.84 Å². The second-order valence-electron chi connectivity index (χ2n) is 8.96. The molecule has 2 saturated heterocycles. The number of guanidine groups is 1. The van der Waals surface area contributed by atoms with Crippen molar-refractivity contribution in [3.8, 4) is 0 Å². The number of sulfone groups is 1. The lowest BCUT2D eigenvalue weighted by molar-refractivity contribution is 0.0526. The van der Waals surface area contributed by atoms with Gasteiger partial charge in [0.25, 0.3) is 0 Å². The van der Waals surface area contributed by atoms with Crippen LogP contribution in [0, 0.1) is 5.41 Å². The highest BCUT2D eigenvalue weighted by Crippen LogP contribution is 2.32. The lowest BCUT2D eigenvalue weighted by Crippen LogP contribution is -2.56. The van der Waals surface area contributed by atoms with Gasteiger partial charge in [-0.3, -0.25) is 4.99 Å². The lowest BCUT2D eigenvalue weighted by atomic mass is 9.82. The van der Waals surface area contributed by atoms with Crippen LogP contribution in [-0.2, 0) is 9.84 Å². The molecule has 0 aliphatic carbocycles. The van der Waals surface area contributed by atoms with Crippen LogP contribution in [0.2, 0.25) is 0 Å². The number of hydrogen-bond donors (Lipinski definition) is 2. The summed E-state index contributed by atoms with van der Waals surface area (Å²) in [4.78, 5) is 7.35. The Kier molecular flexibility index (Phi) is 7.36. The number of rotatable bonds is 7. The number of aliphatic imine (C=N–C) groups is 1. The summed E-state index contributed by atoms with van der Waals surface area (Å²) in [5.74, 6) is 1.09. The Hall–Kier alpha value is -0.820. The van der Waals surface area contributed by atoms with Crippen molar-refractivity contribution in [2.24, 2.45) is 10.4 Å². The van der Waals surface area contributed by atoms with Crippen LogP contribution in [0.3, 0.4) is 0 Å². The van der Waals surface area contributed by atoms with Crippen molar-refractivity contribution in [2.75, 3.05) is 32.1 Å². The minimum Gasteiger partial charge on any atom is -0.357 e. The van der Waals surface area contributed by atoms with E-state index in [1.807, 2.05) is 0 Å². The fourth-order valence-electron chi connectivity index (χ4n) is 4.08. The van der Waals surface area contributed by atoms with Gasteiger partial charge in [-0.2, -0.15) is 0 Å². The number of hydrogen-bond acceptors (Lipinski definition) is 4. The monoisotopic (exact) mass is 386 g/mol. The summed E-state index contributed by atoms with van der Waals surface area (Å²) in [5.41, 5.74) is -0.130. The van der Waals surface area contributed by atoms with Gasteiger partial charge in [-0.1, -0.05) is 20.3 Å². The number of nitrogens with zero attached hydrogens (tertiary/aromatic N) is 2. The second-order valence-corrected chi connectivity index (χ2v) is 11.2. The predicted molar refractivity (Wildman–Crippen MR) is 109 cm³/mol. The van der Waals surface area contributed by atoms with Gasteiger partial charge in [-0.05, 0) is 51.5 Å². The van der Waals surface area contributed by atoms with E-state index in [1.165, 1.54) is 38.4 Å². The van der Waals surface area contributed by atoms with E-state index in [0.29, 0.717) is 31.1 Å². The molecule has 2 fully saturated rings. The maximum Gasteiger partial charge on any atom is 0.191 e. The van der Waals surface area contributed by atoms with Crippen LogP contribution in [0.5, 0.6) is 0 Å². The fraction of sp³-hybridized carbons (Fsp3) is 0.947. The molecular weight excluding hydrogens is 348 g/mol. The molecule has 2 rings (SSSR count). The molecule has 2 bridgehead atoms. The van der Waals surface area contributed by atoms with Gasteiger partial charge < -0.3 is 15.5 Å². The van der Waals surface area contributed by atoms with Crippen LogP contribution < -0.4 is 10.6 Å². The summed E-state index contributed by atoms with van der Waals surface area (Å²) >= 11 is 0. The van der Waals surface area contributed by atoms with E-state index in [2.05, 4.69) is 43.4 Å². The Morgan fingerprint density at radius 3 is 2.38 bits per heavy atom. The van der Waals surface area contributed by atoms with Gasteiger partial charge in [0.15, 0.2) is 5.96 Å². The molecule has 2 unspecified atom stereocenters. The first kappa shape index (κ1) is 21.5. The van der Waals surface area contributed by atoms with Gasteiger partial charge in [0, 0.05) is 37.5 Å². The number of fused-ring (bicyclic) bond motifs is 2. The predicted octanol–water partition coefficient (Wildman–Crippen LogP) is 2.02. The van der Waals surface area contributed by atoms with Gasteiger partial charge in [0.05, 0.1) is 5.75 Å². The third-order valence-corrected chi connectivity index (χ3v) is 6.79. The number of piperidine rings is 2. The molecule has 2 N–H and O–H groups in total. The van der Waals surface area contributed by atoms with Crippen molar-refractivity contribution in [3.63, 3.8) is 0 Å². The third kappa shape index (κ3) is 6.72. The summed E-state index contributed by atoms with van der Waals surface area (Å²) in [6, 6.07) is 1.85. The Bertz CT molecular complexity index is 574. The molecule has 26 heavy (non-hydrogen) atoms. The Morgan fingerprint density at radius 1 is 1.23 bits per heavy atom. The Balaban J connectivity index is 1.94. The molecular formula is C19H38N4O2S. The van der Waals surface area contributed by atoms with Crippen LogP contribution in [0.15, 0.2) is 4.99 Å². The quantitative estimate of drug-likeness (QED) is 0.517. The van der Waals surface area contributed by atoms with Crippen LogP contribution in [0.25, 0.3) is 0 Å². The molecule has 2 heterocycles. The Morgan fingerprint density at radius 2 is 1.85 bits per heavy atom. The first-order valence-corrected chi connectivity index (χ1v) is 12.1. The standard InChI is InChI=1S/C19H38N4O2S/c1-6-20-18(21-14-19(2,3)10-11-26(5,24)25)22-15-12-16-8-7-9-17(13-15)23(16)4/h15-17H,6-14H2,1-5H3,(H2,20,21,22). The molecule has 6 nitrogen and oxygen atoms in total. The van der Waals surface area contributed by atoms with Crippen LogP contribution >= 0.6 is 0 Å². The third-order valence-electron chi connectivity index (χ3n) is 5.84. The summed E-state index contributed by atoms with van der Waals surface area (Å²) in [6.45, 7) is 7.71. The van der Waals surface area contributed by atoms with Crippen molar-refractivity contribution >= 4 is 15.8 Å². The minimum atomic E-state index is -2.93. The largest absolute Gasteiger partial charge is 0.357 e. The summed E-state index contributed by atoms with van der Waals surface area (Å²) in [6.07, 6.45) is 8.25. The molecule has 0 saturated carbocycles. The highest BCUT2D eigenvalue weighted by atomic mass is 32.2. The molecule has 0 aromatic rings. The van der Waals surface area contributed by atoms with Crippen LogP contribution in [-0.4, -0.2) is 69.5 Å². The van der Waals surface area contributed by atoms with Gasteiger partial charge in [-0.25, -0.2) is 8.42 Å². The smallest absolute Gasteiger partial charge is 0.191 e. The SMILES string of the molecule is CCNC(=NCC(C)(C)CCS(C)(=O)=O)NC1CC2CCCC(C1)N2C. The van der Waals surface area contributed by atoms with E-state index >= 15 is 0 Å². The summed E-state index contributed by atoms with van der Waals surface area (Å²) in [5, 5.41) is 7.00. The molecule has 0 aromatic carbocycles. The molecule has 0 amide bonds. The zero-order valence-corrected chi connectivity index (χ0v) is 18.0. The van der Waals surface area contributed by atoms with E-state index in [-0.39, 0.29) is 11.2 Å². The van der Waals surface area contributed by atoms with Crippen molar-refractivity contribution in [1.82, 2.24) is 15.5 Å². The topological polar surface area (TPSA) is 73.8 Å². The molecule has 2 aliphatic rings. The van der Waals surface area contributed by atoms with Gasteiger partial charge in [0.2, 0.25) is 0 Å². The van der Waals surface area contributed by atoms with Crippen molar-refractivity contribution in [2.45, 2.75) is 77.4 Å². The number of nitrogens with one attached hydrogen (secondary N) is 2. The fourth-order valence-corrected chi connectivity index (χ4v) is 5.00. The molecule has 7 heteroatoms. The first-order valence-electron chi connectivity index (χ1n) is 10.0. The van der Waals surface area contributed by atoms with Crippen molar-refractivity contribution in [3.05, 3.63) is 0 Å². The molecule has 0 spiro atoms. The second kappa shape index (κ2) is 8.91. The van der Waals surface area contributed by atoms with E-state index < -0.39 is 9.84 Å². The van der Waals surface area contributed by atoms with E-state index in [1.54, 1.807) is 0 Å². The molecule has 2 atom stereocenters. The highest BCUT2D eigenvalue weighted by molar-refractivity contribution is 7.90. The Labute approximate surface area is 160 Å². The summed E-state index contributed by atoms with van der Waals surface area (Å²) in [7, 11) is -0.655. The highest BCUT2D eigenvalue weighted by Gasteiger charge is 2.36. The van der Waals surface area contributed by atoms with Crippen molar-refractivity contribution < 1.29 is 8.42 Å². The lowest BCUT2D eigenvalue weighted by Gasteiger charge is -2.47. The normalized spacial score (nSPS) is 28.0. The van der Waals surface area contributed by atoms with Gasteiger partial charge in [-0.15, -0.1) is 0 Å². The molecule has 2 aliphatic heterocycles. The van der Waals surface area contributed by atoms with Gasteiger partial charge >= 0.3 is 0 Å². The molecule has 0 radical (unpaired) electrons. The molecule has 0 aromatic heterocycles. The van der Waals surface area contributed by atoms with E-state index in [0.717, 1.165) is 12.5 Å². The zero-order chi connectivity index (χ0) is 19.4. The van der Waals surface area contributed by atoms with Crippen molar-refractivity contribution in [1.29, 1.82) is 0 Å². The van der Waals surface area contributed by atoms with E-state index in [9.17, 15) is 8.42 Å². The van der Waals surface area contributed by atoms with Crippen LogP contribution in [0.1, 0.15) is 59.3 Å². The average Bonchev–Trinajstić information content (AvgIpc) is 2.52. The summed E-state index contributed by atoms with van der Waals surface area (Å²) < 4.78 is 22.9. The zero-order valence-electron chi connectivity index (χ0n) is 17.2. The first-order chi connectivity index (χ1) is 12.1. The maximum atomic E-state index is 11.4.